The van der Waals surface area contributed by atoms with Crippen molar-refractivity contribution in [2.24, 2.45) is 0 Å². The average molecular weight is 436 g/mol. The molecule has 0 aliphatic heterocycles. The number of amides is 1. The maximum atomic E-state index is 13.1. The summed E-state index contributed by atoms with van der Waals surface area (Å²) in [5, 5.41) is 4.85. The molecule has 8 heteroatoms. The van der Waals surface area contributed by atoms with E-state index in [0.29, 0.717) is 31.8 Å². The lowest BCUT2D eigenvalue weighted by Crippen LogP contribution is -2.33. The summed E-state index contributed by atoms with van der Waals surface area (Å²) in [7, 11) is 0. The summed E-state index contributed by atoms with van der Waals surface area (Å²) < 4.78 is 1.49. The van der Waals surface area contributed by atoms with E-state index in [2.05, 4.69) is 10.3 Å². The molecule has 3 rings (SSSR count). The molecule has 1 atom stereocenters. The summed E-state index contributed by atoms with van der Waals surface area (Å²) in [5.74, 6) is 0.0404. The maximum absolute atomic E-state index is 13.1. The number of hydrogen-bond donors (Lipinski definition) is 1. The monoisotopic (exact) mass is 435 g/mol. The first-order valence-electron chi connectivity index (χ1n) is 8.79. The minimum Gasteiger partial charge on any atom is -0.353 e. The quantitative estimate of drug-likeness (QED) is 0.450. The highest BCUT2D eigenvalue weighted by molar-refractivity contribution is 7.99. The highest BCUT2D eigenvalue weighted by Crippen LogP contribution is 2.23. The number of fused-ring (bicyclic) bond motifs is 1. The van der Waals surface area contributed by atoms with Gasteiger partial charge in [0.25, 0.3) is 5.56 Å². The summed E-state index contributed by atoms with van der Waals surface area (Å²) in [6, 6.07) is 12.0. The van der Waals surface area contributed by atoms with Crippen LogP contribution < -0.4 is 10.9 Å². The molecular weight excluding hydrogens is 417 g/mol. The lowest BCUT2D eigenvalue weighted by atomic mass is 10.2. The number of carbonyl (C=O) groups is 1. The molecule has 146 valence electrons. The van der Waals surface area contributed by atoms with Crippen molar-refractivity contribution in [2.75, 3.05) is 5.75 Å². The molecule has 0 saturated heterocycles. The molecule has 0 saturated carbocycles. The topological polar surface area (TPSA) is 64.0 Å². The molecule has 0 aliphatic rings. The van der Waals surface area contributed by atoms with Crippen molar-refractivity contribution in [2.45, 2.75) is 31.5 Å². The minimum atomic E-state index is -0.228. The normalized spacial score (nSPS) is 12.1. The number of nitrogens with one attached hydrogen (secondary N) is 1. The van der Waals surface area contributed by atoms with E-state index in [9.17, 15) is 9.59 Å². The van der Waals surface area contributed by atoms with E-state index in [1.54, 1.807) is 42.5 Å². The summed E-state index contributed by atoms with van der Waals surface area (Å²) in [5.41, 5.74) is 0.893. The number of nitrogens with zero attached hydrogens (tertiary/aromatic N) is 2. The van der Waals surface area contributed by atoms with E-state index in [0.717, 1.165) is 6.42 Å². The molecule has 1 heterocycles. The van der Waals surface area contributed by atoms with Gasteiger partial charge in [0.1, 0.15) is 0 Å². The zero-order valence-corrected chi connectivity index (χ0v) is 17.7. The highest BCUT2D eigenvalue weighted by atomic mass is 35.5. The number of rotatable bonds is 6. The molecule has 1 unspecified atom stereocenters. The first kappa shape index (κ1) is 20.7. The molecule has 0 aliphatic carbocycles. The van der Waals surface area contributed by atoms with Crippen LogP contribution >= 0.6 is 35.0 Å². The fraction of sp³-hybridized carbons (Fsp3) is 0.250. The van der Waals surface area contributed by atoms with Crippen molar-refractivity contribution in [1.82, 2.24) is 14.9 Å². The van der Waals surface area contributed by atoms with Crippen LogP contribution in [0.5, 0.6) is 0 Å². The Bertz CT molecular complexity index is 1070. The number of halogens is 2. The van der Waals surface area contributed by atoms with E-state index in [1.165, 1.54) is 16.3 Å². The van der Waals surface area contributed by atoms with E-state index >= 15 is 0 Å². The van der Waals surface area contributed by atoms with Gasteiger partial charge in [-0.25, -0.2) is 4.98 Å². The molecule has 0 radical (unpaired) electrons. The van der Waals surface area contributed by atoms with E-state index < -0.39 is 0 Å². The summed E-state index contributed by atoms with van der Waals surface area (Å²) in [4.78, 5) is 29.9. The van der Waals surface area contributed by atoms with Gasteiger partial charge >= 0.3 is 0 Å². The third-order valence-electron chi connectivity index (χ3n) is 4.24. The van der Waals surface area contributed by atoms with Gasteiger partial charge in [0.15, 0.2) is 5.16 Å². The molecular formula is C20H19Cl2N3O2S. The van der Waals surface area contributed by atoms with Crippen LogP contribution in [0.25, 0.3) is 16.6 Å². The average Bonchev–Trinajstić information content (AvgIpc) is 2.67. The molecule has 28 heavy (non-hydrogen) atoms. The van der Waals surface area contributed by atoms with Crippen molar-refractivity contribution < 1.29 is 4.79 Å². The number of benzene rings is 2. The number of thioether (sulfide) groups is 1. The number of aromatic nitrogens is 2. The Hall–Kier alpha value is -2.02. The van der Waals surface area contributed by atoms with Gasteiger partial charge in [-0.05, 0) is 55.8 Å². The maximum Gasteiger partial charge on any atom is 0.266 e. The predicted octanol–water partition coefficient (Wildman–Crippen LogP) is 4.70. The Labute approximate surface area is 177 Å². The Balaban J connectivity index is 2.05. The van der Waals surface area contributed by atoms with Gasteiger partial charge in [-0.3, -0.25) is 14.2 Å². The Morgan fingerprint density at radius 2 is 1.86 bits per heavy atom. The van der Waals surface area contributed by atoms with Gasteiger partial charge in [0.05, 0.1) is 22.3 Å². The van der Waals surface area contributed by atoms with Crippen molar-refractivity contribution >= 4 is 51.8 Å². The van der Waals surface area contributed by atoms with Crippen molar-refractivity contribution in [1.29, 1.82) is 0 Å². The molecule has 0 fully saturated rings. The second-order valence-electron chi connectivity index (χ2n) is 6.34. The van der Waals surface area contributed by atoms with E-state index in [1.807, 2.05) is 13.8 Å². The fourth-order valence-electron chi connectivity index (χ4n) is 2.60. The lowest BCUT2D eigenvalue weighted by molar-refractivity contribution is -0.119. The molecule has 1 amide bonds. The molecule has 5 nitrogen and oxygen atoms in total. The standard InChI is InChI=1S/C20H19Cl2N3O2S/c1-3-12(2)23-18(26)11-28-20-24-17-10-14(22)6-9-16(17)19(27)25(20)15-7-4-13(21)5-8-15/h4-10,12H,3,11H2,1-2H3,(H,23,26). The van der Waals surface area contributed by atoms with Gasteiger partial charge in [0.2, 0.25) is 5.91 Å². The fourth-order valence-corrected chi connectivity index (χ4v) is 3.72. The van der Waals surface area contributed by atoms with Gasteiger partial charge in [-0.15, -0.1) is 0 Å². The third-order valence-corrected chi connectivity index (χ3v) is 5.66. The summed E-state index contributed by atoms with van der Waals surface area (Å²) >= 11 is 13.2. The van der Waals surface area contributed by atoms with Crippen LogP contribution in [0.2, 0.25) is 10.0 Å². The lowest BCUT2D eigenvalue weighted by Gasteiger charge is -2.14. The molecule has 3 aromatic rings. The Morgan fingerprint density at radius 3 is 2.54 bits per heavy atom. The second-order valence-corrected chi connectivity index (χ2v) is 8.15. The van der Waals surface area contributed by atoms with Crippen LogP contribution in [0.3, 0.4) is 0 Å². The molecule has 2 aromatic carbocycles. The molecule has 0 spiro atoms. The van der Waals surface area contributed by atoms with Gasteiger partial charge in [-0.2, -0.15) is 0 Å². The predicted molar refractivity (Wildman–Crippen MR) is 116 cm³/mol. The van der Waals surface area contributed by atoms with Crippen LogP contribution in [0, 0.1) is 0 Å². The van der Waals surface area contributed by atoms with Crippen LogP contribution in [0.15, 0.2) is 52.4 Å². The molecule has 1 aromatic heterocycles. The van der Waals surface area contributed by atoms with Crippen molar-refractivity contribution in [3.63, 3.8) is 0 Å². The zero-order valence-electron chi connectivity index (χ0n) is 15.4. The first-order valence-corrected chi connectivity index (χ1v) is 10.5. The molecule has 1 N–H and O–H groups in total. The SMILES string of the molecule is CCC(C)NC(=O)CSc1nc2cc(Cl)ccc2c(=O)n1-c1ccc(Cl)cc1. The van der Waals surface area contributed by atoms with Gasteiger partial charge < -0.3 is 5.32 Å². The zero-order chi connectivity index (χ0) is 20.3. The largest absolute Gasteiger partial charge is 0.353 e. The van der Waals surface area contributed by atoms with Crippen LogP contribution in [0.1, 0.15) is 20.3 Å². The number of hydrogen-bond acceptors (Lipinski definition) is 4. The van der Waals surface area contributed by atoms with Crippen molar-refractivity contribution in [3.8, 4) is 5.69 Å². The number of carbonyl (C=O) groups excluding carboxylic acids is 1. The smallest absolute Gasteiger partial charge is 0.266 e. The van der Waals surface area contributed by atoms with E-state index in [4.69, 9.17) is 23.2 Å². The summed E-state index contributed by atoms with van der Waals surface area (Å²) in [6.07, 6.45) is 0.846. The van der Waals surface area contributed by atoms with Gasteiger partial charge in [-0.1, -0.05) is 41.9 Å². The third kappa shape index (κ3) is 4.69. The molecule has 0 bridgehead atoms. The second kappa shape index (κ2) is 8.99. The minimum absolute atomic E-state index is 0.0925. The van der Waals surface area contributed by atoms with E-state index in [-0.39, 0.29) is 23.3 Å². The Morgan fingerprint density at radius 1 is 1.18 bits per heavy atom. The van der Waals surface area contributed by atoms with Crippen molar-refractivity contribution in [3.05, 3.63) is 62.9 Å². The van der Waals surface area contributed by atoms with Gasteiger partial charge in [0, 0.05) is 16.1 Å². The summed E-state index contributed by atoms with van der Waals surface area (Å²) in [6.45, 7) is 3.95. The van der Waals surface area contributed by atoms with Crippen LogP contribution in [-0.2, 0) is 4.79 Å². The highest BCUT2D eigenvalue weighted by Gasteiger charge is 2.16. The van der Waals surface area contributed by atoms with Crippen LogP contribution in [0.4, 0.5) is 0 Å². The Kier molecular flexibility index (Phi) is 6.65. The van der Waals surface area contributed by atoms with Crippen LogP contribution in [-0.4, -0.2) is 27.3 Å². The first-order chi connectivity index (χ1) is 13.4.